The van der Waals surface area contributed by atoms with Crippen LogP contribution in [0.15, 0.2) is 57.3 Å². The van der Waals surface area contributed by atoms with Crippen LogP contribution in [0.3, 0.4) is 0 Å². The first-order chi connectivity index (χ1) is 13.5. The summed E-state index contributed by atoms with van der Waals surface area (Å²) in [5, 5.41) is 2.13. The van der Waals surface area contributed by atoms with Gasteiger partial charge in [0.05, 0.1) is 11.6 Å². The number of rotatable bonds is 5. The Labute approximate surface area is 163 Å². The van der Waals surface area contributed by atoms with Crippen LogP contribution in [0.25, 0.3) is 21.5 Å². The minimum absolute atomic E-state index is 0.0590. The predicted octanol–water partition coefficient (Wildman–Crippen LogP) is 3.49. The number of benzene rings is 1. The Morgan fingerprint density at radius 1 is 1.32 bits per heavy atom. The van der Waals surface area contributed by atoms with Crippen molar-refractivity contribution < 1.29 is 13.6 Å². The topological polar surface area (TPSA) is 91.1 Å². The minimum atomic E-state index is -0.935. The number of carbonyl (C=O) groups is 1. The molecule has 0 radical (unpaired) electrons. The molecule has 28 heavy (non-hydrogen) atoms. The van der Waals surface area contributed by atoms with Crippen LogP contribution in [0.2, 0.25) is 0 Å². The van der Waals surface area contributed by atoms with Crippen molar-refractivity contribution in [3.63, 3.8) is 0 Å². The van der Waals surface area contributed by atoms with Crippen molar-refractivity contribution in [1.29, 1.82) is 0 Å². The third-order valence-corrected chi connectivity index (χ3v) is 5.48. The quantitative estimate of drug-likeness (QED) is 0.558. The number of halogens is 1. The Balaban J connectivity index is 1.97. The zero-order chi connectivity index (χ0) is 19.8. The fourth-order valence-corrected chi connectivity index (χ4v) is 4.06. The van der Waals surface area contributed by atoms with Gasteiger partial charge < -0.3 is 10.2 Å². The average molecular weight is 397 g/mol. The van der Waals surface area contributed by atoms with E-state index in [0.29, 0.717) is 27.1 Å². The SMILES string of the molecule is CC(C(N)=O)n1c(Cc2ccccc2F)nc2scc(-c3ccco3)c2c1=O. The van der Waals surface area contributed by atoms with Crippen molar-refractivity contribution in [3.8, 4) is 11.3 Å². The number of hydrogen-bond donors (Lipinski definition) is 1. The first-order valence-corrected chi connectivity index (χ1v) is 9.44. The fraction of sp³-hybridized carbons (Fsp3) is 0.150. The summed E-state index contributed by atoms with van der Waals surface area (Å²) in [7, 11) is 0. The highest BCUT2D eigenvalue weighted by Crippen LogP contribution is 2.32. The molecular weight excluding hydrogens is 381 g/mol. The molecule has 3 heterocycles. The van der Waals surface area contributed by atoms with Crippen LogP contribution < -0.4 is 11.3 Å². The molecule has 1 atom stereocenters. The summed E-state index contributed by atoms with van der Waals surface area (Å²) < 4.78 is 20.8. The summed E-state index contributed by atoms with van der Waals surface area (Å²) in [6.45, 7) is 1.53. The lowest BCUT2D eigenvalue weighted by Gasteiger charge is -2.17. The molecule has 8 heteroatoms. The van der Waals surface area contributed by atoms with Crippen LogP contribution in [-0.2, 0) is 11.2 Å². The molecule has 1 amide bonds. The standard InChI is InChI=1S/C20H16FN3O3S/c1-11(18(22)25)24-16(9-12-5-2-3-6-14(12)21)23-19-17(20(24)26)13(10-28-19)15-7-4-8-27-15/h2-8,10-11H,9H2,1H3,(H2,22,25). The summed E-state index contributed by atoms with van der Waals surface area (Å²) >= 11 is 1.29. The molecule has 0 aliphatic carbocycles. The molecule has 1 unspecified atom stereocenters. The smallest absolute Gasteiger partial charge is 0.263 e. The number of amides is 1. The van der Waals surface area contributed by atoms with E-state index in [2.05, 4.69) is 4.98 Å². The molecule has 0 saturated carbocycles. The monoisotopic (exact) mass is 397 g/mol. The Kier molecular flexibility index (Phi) is 4.56. The van der Waals surface area contributed by atoms with E-state index >= 15 is 0 Å². The molecule has 4 aromatic rings. The zero-order valence-electron chi connectivity index (χ0n) is 14.9. The van der Waals surface area contributed by atoms with Gasteiger partial charge in [0.2, 0.25) is 5.91 Å². The summed E-state index contributed by atoms with van der Waals surface area (Å²) in [6, 6.07) is 8.79. The van der Waals surface area contributed by atoms with E-state index in [0.717, 1.165) is 0 Å². The van der Waals surface area contributed by atoms with Crippen LogP contribution in [0, 0.1) is 5.82 Å². The van der Waals surface area contributed by atoms with E-state index in [4.69, 9.17) is 10.2 Å². The molecule has 4 rings (SSSR count). The molecule has 0 aliphatic rings. The fourth-order valence-electron chi connectivity index (χ4n) is 3.12. The highest BCUT2D eigenvalue weighted by Gasteiger charge is 2.24. The summed E-state index contributed by atoms with van der Waals surface area (Å²) in [5.74, 6) is -0.266. The Morgan fingerprint density at radius 3 is 2.79 bits per heavy atom. The van der Waals surface area contributed by atoms with E-state index in [1.54, 1.807) is 35.7 Å². The molecule has 3 aromatic heterocycles. The Bertz CT molecular complexity index is 1230. The molecule has 0 fully saturated rings. The molecule has 6 nitrogen and oxygen atoms in total. The maximum atomic E-state index is 14.2. The van der Waals surface area contributed by atoms with Crippen molar-refractivity contribution in [2.24, 2.45) is 5.73 Å². The van der Waals surface area contributed by atoms with Crippen LogP contribution in [0.5, 0.6) is 0 Å². The largest absolute Gasteiger partial charge is 0.464 e. The van der Waals surface area contributed by atoms with Gasteiger partial charge in [0.1, 0.15) is 28.3 Å². The van der Waals surface area contributed by atoms with E-state index < -0.39 is 23.3 Å². The zero-order valence-corrected chi connectivity index (χ0v) is 15.7. The second kappa shape index (κ2) is 7.05. The second-order valence-corrected chi connectivity index (χ2v) is 7.21. The van der Waals surface area contributed by atoms with Gasteiger partial charge >= 0.3 is 0 Å². The first-order valence-electron chi connectivity index (χ1n) is 8.56. The first kappa shape index (κ1) is 18.1. The van der Waals surface area contributed by atoms with Gasteiger partial charge in [-0.25, -0.2) is 9.37 Å². The molecule has 142 valence electrons. The van der Waals surface area contributed by atoms with Crippen LogP contribution in [-0.4, -0.2) is 15.5 Å². The van der Waals surface area contributed by atoms with E-state index in [-0.39, 0.29) is 12.2 Å². The number of thiophene rings is 1. The third kappa shape index (κ3) is 3.01. The highest BCUT2D eigenvalue weighted by molar-refractivity contribution is 7.17. The second-order valence-electron chi connectivity index (χ2n) is 6.36. The van der Waals surface area contributed by atoms with E-state index in [9.17, 15) is 14.0 Å². The molecule has 0 bridgehead atoms. The maximum absolute atomic E-state index is 14.2. The number of carbonyl (C=O) groups excluding carboxylic acids is 1. The van der Waals surface area contributed by atoms with Crippen molar-refractivity contribution >= 4 is 27.5 Å². The van der Waals surface area contributed by atoms with Crippen LogP contribution in [0.1, 0.15) is 24.4 Å². The number of hydrogen-bond acceptors (Lipinski definition) is 5. The minimum Gasteiger partial charge on any atom is -0.464 e. The lowest BCUT2D eigenvalue weighted by atomic mass is 10.1. The lowest BCUT2D eigenvalue weighted by molar-refractivity contribution is -0.120. The molecule has 0 spiro atoms. The van der Waals surface area contributed by atoms with Gasteiger partial charge in [-0.1, -0.05) is 18.2 Å². The summed E-state index contributed by atoms with van der Waals surface area (Å²) in [4.78, 5) is 30.3. The number of aromatic nitrogens is 2. The summed E-state index contributed by atoms with van der Waals surface area (Å²) in [6.07, 6.45) is 1.58. The van der Waals surface area contributed by atoms with E-state index in [1.807, 2.05) is 0 Å². The number of furan rings is 1. The van der Waals surface area contributed by atoms with Gasteiger partial charge in [-0.15, -0.1) is 11.3 Å². The molecule has 0 saturated heterocycles. The lowest BCUT2D eigenvalue weighted by Crippen LogP contribution is -2.35. The summed E-state index contributed by atoms with van der Waals surface area (Å²) in [5.41, 5.74) is 6.04. The molecule has 0 aliphatic heterocycles. The van der Waals surface area contributed by atoms with Crippen molar-refractivity contribution in [2.45, 2.75) is 19.4 Å². The van der Waals surface area contributed by atoms with Crippen molar-refractivity contribution in [2.75, 3.05) is 0 Å². The molecular formula is C20H16FN3O3S. The number of fused-ring (bicyclic) bond motifs is 1. The van der Waals surface area contributed by atoms with Crippen molar-refractivity contribution in [3.05, 3.63) is 75.6 Å². The Morgan fingerprint density at radius 2 is 2.11 bits per heavy atom. The Hall–Kier alpha value is -3.26. The van der Waals surface area contributed by atoms with Crippen LogP contribution >= 0.6 is 11.3 Å². The van der Waals surface area contributed by atoms with Gasteiger partial charge in [0.25, 0.3) is 5.56 Å². The third-order valence-electron chi connectivity index (χ3n) is 4.61. The van der Waals surface area contributed by atoms with Gasteiger partial charge in [-0.05, 0) is 30.7 Å². The maximum Gasteiger partial charge on any atom is 0.263 e. The van der Waals surface area contributed by atoms with E-state index in [1.165, 1.54) is 35.2 Å². The number of nitrogens with two attached hydrogens (primary N) is 1. The number of nitrogens with zero attached hydrogens (tertiary/aromatic N) is 2. The van der Waals surface area contributed by atoms with Gasteiger partial charge in [0, 0.05) is 17.4 Å². The van der Waals surface area contributed by atoms with Gasteiger partial charge in [0.15, 0.2) is 0 Å². The van der Waals surface area contributed by atoms with Crippen LogP contribution in [0.4, 0.5) is 4.39 Å². The van der Waals surface area contributed by atoms with Gasteiger partial charge in [-0.3, -0.25) is 14.2 Å². The highest BCUT2D eigenvalue weighted by atomic mass is 32.1. The van der Waals surface area contributed by atoms with Crippen molar-refractivity contribution in [1.82, 2.24) is 9.55 Å². The molecule has 2 N–H and O–H groups in total. The number of primary amides is 1. The molecule has 1 aromatic carbocycles. The normalized spacial score (nSPS) is 12.4. The van der Waals surface area contributed by atoms with Gasteiger partial charge in [-0.2, -0.15) is 0 Å². The predicted molar refractivity (Wildman–Crippen MR) is 105 cm³/mol. The average Bonchev–Trinajstić information content (AvgIpc) is 3.32.